The fourth-order valence-corrected chi connectivity index (χ4v) is 4.84. The van der Waals surface area contributed by atoms with Gasteiger partial charge in [0.25, 0.3) is 5.91 Å². The average Bonchev–Trinajstić information content (AvgIpc) is 3.57. The molecule has 11 nitrogen and oxygen atoms in total. The van der Waals surface area contributed by atoms with Crippen LogP contribution in [-0.2, 0) is 0 Å². The maximum atomic E-state index is 15.3. The van der Waals surface area contributed by atoms with Crippen molar-refractivity contribution in [3.63, 3.8) is 0 Å². The summed E-state index contributed by atoms with van der Waals surface area (Å²) in [5.74, 6) is -2.40. The number of H-pyrrole nitrogens is 1. The molecular formula is C40H56F3N9O2. The summed E-state index contributed by atoms with van der Waals surface area (Å²) in [4.78, 5) is 35.0. The van der Waals surface area contributed by atoms with Gasteiger partial charge in [0.2, 0.25) is 5.88 Å². The summed E-state index contributed by atoms with van der Waals surface area (Å²) in [5.41, 5.74) is 2.98. The summed E-state index contributed by atoms with van der Waals surface area (Å²) in [6.07, 6.45) is 4.60. The number of ether oxygens (including phenoxy) is 1. The van der Waals surface area contributed by atoms with Crippen LogP contribution < -0.4 is 20.3 Å². The van der Waals surface area contributed by atoms with Crippen LogP contribution in [0, 0.1) is 18.6 Å². The van der Waals surface area contributed by atoms with Gasteiger partial charge in [-0.2, -0.15) is 0 Å². The number of halogens is 3. The number of allylic oxidation sites excluding steroid dienone is 4. The molecule has 0 unspecified atom stereocenters. The van der Waals surface area contributed by atoms with Crippen molar-refractivity contribution in [3.05, 3.63) is 95.9 Å². The first-order chi connectivity index (χ1) is 25.7. The lowest BCUT2D eigenvalue weighted by Crippen LogP contribution is -2.44. The van der Waals surface area contributed by atoms with Crippen LogP contribution in [0.15, 0.2) is 73.0 Å². The molecule has 1 saturated heterocycles. The van der Waals surface area contributed by atoms with Gasteiger partial charge in [0.05, 0.1) is 17.4 Å². The second-order valence-electron chi connectivity index (χ2n) is 12.4. The smallest absolute Gasteiger partial charge is 0.262 e. The number of fused-ring (bicyclic) bond motifs is 1. The van der Waals surface area contributed by atoms with E-state index in [4.69, 9.17) is 4.74 Å². The highest BCUT2D eigenvalue weighted by molar-refractivity contribution is 6.01. The minimum atomic E-state index is -0.771. The molecule has 0 radical (unpaired) electrons. The molecule has 0 spiro atoms. The van der Waals surface area contributed by atoms with E-state index >= 15 is 4.39 Å². The van der Waals surface area contributed by atoms with Gasteiger partial charge in [-0.05, 0) is 66.5 Å². The quantitative estimate of drug-likeness (QED) is 0.137. The first kappa shape index (κ1) is 44.9. The SMILES string of the molecule is C=C(F)C(=C)C=C(C)C.CC.CCN(C)C(=O)c1c(Nc2ccc(N3CCN(C)CC3)cn2)ncnc1Oc1cc(F)c2[nH]c(C)cc2c1F.CCNC. The number of benzene rings is 1. The van der Waals surface area contributed by atoms with E-state index in [1.54, 1.807) is 32.3 Å². The van der Waals surface area contributed by atoms with Crippen molar-refractivity contribution < 1.29 is 22.7 Å². The van der Waals surface area contributed by atoms with Crippen molar-refractivity contribution in [3.8, 4) is 11.6 Å². The molecule has 1 aliphatic rings. The summed E-state index contributed by atoms with van der Waals surface area (Å²) in [7, 11) is 5.64. The number of hydrogen-bond donors (Lipinski definition) is 3. The Labute approximate surface area is 318 Å². The molecule has 4 aromatic rings. The number of piperazine rings is 1. The monoisotopic (exact) mass is 751 g/mol. The van der Waals surface area contributed by atoms with Gasteiger partial charge in [0, 0.05) is 62.5 Å². The Morgan fingerprint density at radius 3 is 2.24 bits per heavy atom. The predicted octanol–water partition coefficient (Wildman–Crippen LogP) is 8.56. The molecule has 4 heterocycles. The van der Waals surface area contributed by atoms with Gasteiger partial charge < -0.3 is 35.1 Å². The number of carbonyl (C=O) groups is 1. The van der Waals surface area contributed by atoms with Gasteiger partial charge >= 0.3 is 0 Å². The Balaban J connectivity index is 0.000000573. The number of rotatable bonds is 10. The molecule has 1 fully saturated rings. The fraction of sp³-hybridized carbons (Fsp3) is 0.400. The third-order valence-electron chi connectivity index (χ3n) is 7.98. The van der Waals surface area contributed by atoms with E-state index in [0.29, 0.717) is 23.6 Å². The van der Waals surface area contributed by atoms with Crippen LogP contribution in [0.4, 0.5) is 30.5 Å². The molecule has 0 saturated carbocycles. The van der Waals surface area contributed by atoms with E-state index in [1.807, 2.05) is 47.7 Å². The van der Waals surface area contributed by atoms with E-state index in [-0.39, 0.29) is 28.2 Å². The molecule has 1 aromatic carbocycles. The third kappa shape index (κ3) is 12.7. The number of amides is 1. The number of carbonyl (C=O) groups excluding carboxylic acids is 1. The number of pyridine rings is 1. The van der Waals surface area contributed by atoms with Gasteiger partial charge in [-0.15, -0.1) is 0 Å². The molecule has 1 aliphatic heterocycles. The Kier molecular flexibility index (Phi) is 18.4. The van der Waals surface area contributed by atoms with Gasteiger partial charge in [-0.3, -0.25) is 4.79 Å². The molecule has 3 N–H and O–H groups in total. The summed E-state index contributed by atoms with van der Waals surface area (Å²) < 4.78 is 47.9. The molecule has 3 aromatic heterocycles. The molecule has 0 bridgehead atoms. The average molecular weight is 752 g/mol. The minimum Gasteiger partial charge on any atom is -0.435 e. The lowest BCUT2D eigenvalue weighted by Gasteiger charge is -2.33. The highest BCUT2D eigenvalue weighted by atomic mass is 19.1. The van der Waals surface area contributed by atoms with E-state index in [0.717, 1.165) is 50.1 Å². The highest BCUT2D eigenvalue weighted by Gasteiger charge is 2.26. The summed E-state index contributed by atoms with van der Waals surface area (Å²) in [5, 5.41) is 6.04. The maximum absolute atomic E-state index is 15.3. The van der Waals surface area contributed by atoms with Crippen LogP contribution in [0.5, 0.6) is 11.6 Å². The lowest BCUT2D eigenvalue weighted by atomic mass is 10.2. The first-order valence-corrected chi connectivity index (χ1v) is 18.0. The number of nitrogens with zero attached hydrogens (tertiary/aromatic N) is 6. The molecule has 5 rings (SSSR count). The number of aromatic amines is 1. The molecule has 1 amide bonds. The van der Waals surface area contributed by atoms with Gasteiger partial charge in [-0.1, -0.05) is 45.6 Å². The van der Waals surface area contributed by atoms with E-state index in [9.17, 15) is 13.6 Å². The largest absolute Gasteiger partial charge is 0.435 e. The Bertz CT molecular complexity index is 1860. The normalized spacial score (nSPS) is 12.2. The van der Waals surface area contributed by atoms with Gasteiger partial charge in [0.15, 0.2) is 23.2 Å². The van der Waals surface area contributed by atoms with E-state index < -0.39 is 29.1 Å². The first-order valence-electron chi connectivity index (χ1n) is 18.0. The molecule has 0 aliphatic carbocycles. The zero-order valence-corrected chi connectivity index (χ0v) is 33.3. The number of likely N-dealkylation sites (N-methyl/N-ethyl adjacent to an activating group) is 1. The lowest BCUT2D eigenvalue weighted by molar-refractivity contribution is 0.0799. The molecule has 54 heavy (non-hydrogen) atoms. The number of aromatic nitrogens is 4. The van der Waals surface area contributed by atoms with Gasteiger partial charge in [-0.25, -0.2) is 28.1 Å². The highest BCUT2D eigenvalue weighted by Crippen LogP contribution is 2.35. The van der Waals surface area contributed by atoms with Crippen LogP contribution in [0.2, 0.25) is 0 Å². The molecule has 294 valence electrons. The Morgan fingerprint density at radius 2 is 1.72 bits per heavy atom. The topological polar surface area (TPSA) is 115 Å². The second kappa shape index (κ2) is 22.1. The van der Waals surface area contributed by atoms with Crippen LogP contribution in [0.3, 0.4) is 0 Å². The van der Waals surface area contributed by atoms with Crippen molar-refractivity contribution in [2.24, 2.45) is 0 Å². The van der Waals surface area contributed by atoms with Crippen molar-refractivity contribution in [2.45, 2.75) is 48.5 Å². The number of aryl methyl sites for hydroxylation is 1. The van der Waals surface area contributed by atoms with Crippen molar-refractivity contribution in [1.82, 2.24) is 35.1 Å². The minimum absolute atomic E-state index is 0.0306. The van der Waals surface area contributed by atoms with Crippen molar-refractivity contribution in [2.75, 3.05) is 70.6 Å². The second-order valence-corrected chi connectivity index (χ2v) is 12.4. The molecule has 14 heteroatoms. The number of hydrogen-bond acceptors (Lipinski definition) is 9. The standard InChI is InChI=1S/C27H30F2N8O2.C8H11F.C3H9N.C2H6/c1-5-36(4)27(38)22-25(34-21-7-6-17(14-30-21)37-10-8-35(3)9-11-37)31-15-32-26(22)39-20-13-19(28)24-18(23(20)29)12-16(2)33-24;1-6(2)5-7(3)8(4)9;1-3-4-2;1-2/h6-7,12-15,33H,5,8-11H2,1-4H3,(H,30,31,32,34);5H,3-4H2,1-2H3;4H,3H2,1-2H3;1-2H3. The summed E-state index contributed by atoms with van der Waals surface area (Å²) in [6, 6.07) is 6.16. The molecule has 0 atom stereocenters. The summed E-state index contributed by atoms with van der Waals surface area (Å²) >= 11 is 0. The summed E-state index contributed by atoms with van der Waals surface area (Å²) in [6.45, 7) is 25.1. The predicted molar refractivity (Wildman–Crippen MR) is 215 cm³/mol. The number of nitrogens with one attached hydrogen (secondary N) is 3. The molecular weight excluding hydrogens is 695 g/mol. The van der Waals surface area contributed by atoms with Crippen molar-refractivity contribution in [1.29, 1.82) is 0 Å². The maximum Gasteiger partial charge on any atom is 0.262 e. The van der Waals surface area contributed by atoms with Crippen LogP contribution in [-0.4, -0.2) is 96.1 Å². The zero-order chi connectivity index (χ0) is 40.5. The van der Waals surface area contributed by atoms with E-state index in [1.165, 1.54) is 17.3 Å². The van der Waals surface area contributed by atoms with Crippen LogP contribution in [0.1, 0.15) is 57.6 Å². The van der Waals surface area contributed by atoms with Crippen molar-refractivity contribution >= 4 is 34.1 Å². The van der Waals surface area contributed by atoms with Crippen LogP contribution >= 0.6 is 0 Å². The Morgan fingerprint density at radius 1 is 1.07 bits per heavy atom. The van der Waals surface area contributed by atoms with Gasteiger partial charge in [0.1, 0.15) is 23.5 Å². The van der Waals surface area contributed by atoms with E-state index in [2.05, 4.69) is 67.5 Å². The zero-order valence-electron chi connectivity index (χ0n) is 33.3. The Hall–Kier alpha value is -5.21. The van der Waals surface area contributed by atoms with Crippen LogP contribution in [0.25, 0.3) is 10.9 Å². The number of anilines is 3. The fourth-order valence-electron chi connectivity index (χ4n) is 4.84. The third-order valence-corrected chi connectivity index (χ3v) is 7.98.